The molecule has 0 spiro atoms. The van der Waals surface area contributed by atoms with Crippen LogP contribution in [0.1, 0.15) is 0 Å². The fraction of sp³-hybridized carbons (Fsp3) is 0.222. The molecule has 2 amide bonds. The molecule has 0 unspecified atom stereocenters. The third kappa shape index (κ3) is 3.26. The number of carbonyl (C=O) groups excluding carboxylic acids is 2. The molecule has 15 heavy (non-hydrogen) atoms. The summed E-state index contributed by atoms with van der Waals surface area (Å²) in [5.41, 5.74) is 0.531. The summed E-state index contributed by atoms with van der Waals surface area (Å²) in [4.78, 5) is 21.9. The lowest BCUT2D eigenvalue weighted by molar-refractivity contribution is -0.121. The number of hydrogen-bond donors (Lipinski definition) is 2. The Bertz CT molecular complexity index is 383. The number of rotatable bonds is 4. The van der Waals surface area contributed by atoms with Crippen LogP contribution >= 0.6 is 0 Å². The van der Waals surface area contributed by atoms with Crippen molar-refractivity contribution in [1.29, 1.82) is 0 Å². The van der Waals surface area contributed by atoms with Crippen molar-refractivity contribution in [1.82, 2.24) is 15.1 Å². The van der Waals surface area contributed by atoms with Crippen LogP contribution in [0.3, 0.4) is 0 Å². The normalized spacial score (nSPS) is 9.40. The van der Waals surface area contributed by atoms with Gasteiger partial charge >= 0.3 is 0 Å². The maximum absolute atomic E-state index is 11.0. The molecule has 0 radical (unpaired) electrons. The average Bonchev–Trinajstić information content (AvgIpc) is 2.65. The standard InChI is InChI=1S/C9H12N4O2/c1-3-8(14)12-7-4-11-13(5-7)6-9(15)10-2/h3-5H,1,6H2,2H3,(H,10,15)(H,12,14). The van der Waals surface area contributed by atoms with Gasteiger partial charge in [0.25, 0.3) is 0 Å². The Labute approximate surface area is 87.0 Å². The SMILES string of the molecule is C=CC(=O)Nc1cnn(CC(=O)NC)c1. The molecule has 1 aromatic heterocycles. The summed E-state index contributed by atoms with van der Waals surface area (Å²) in [7, 11) is 1.55. The van der Waals surface area contributed by atoms with Crippen LogP contribution in [0.4, 0.5) is 5.69 Å². The molecule has 0 saturated carbocycles. The van der Waals surface area contributed by atoms with Gasteiger partial charge in [0.05, 0.1) is 11.9 Å². The number of nitrogens with one attached hydrogen (secondary N) is 2. The molecule has 0 bridgehead atoms. The summed E-state index contributed by atoms with van der Waals surface area (Å²) in [5.74, 6) is -0.464. The van der Waals surface area contributed by atoms with E-state index in [4.69, 9.17) is 0 Å². The van der Waals surface area contributed by atoms with Crippen LogP contribution in [0.2, 0.25) is 0 Å². The van der Waals surface area contributed by atoms with Crippen LogP contribution < -0.4 is 10.6 Å². The third-order valence-corrected chi connectivity index (χ3v) is 1.67. The van der Waals surface area contributed by atoms with Crippen molar-refractivity contribution in [2.75, 3.05) is 12.4 Å². The molecule has 0 saturated heterocycles. The van der Waals surface area contributed by atoms with Crippen molar-refractivity contribution < 1.29 is 9.59 Å². The van der Waals surface area contributed by atoms with E-state index in [-0.39, 0.29) is 18.4 Å². The fourth-order valence-corrected chi connectivity index (χ4v) is 0.934. The van der Waals surface area contributed by atoms with E-state index in [9.17, 15) is 9.59 Å². The fourth-order valence-electron chi connectivity index (χ4n) is 0.934. The van der Waals surface area contributed by atoms with Gasteiger partial charge < -0.3 is 10.6 Å². The van der Waals surface area contributed by atoms with Crippen LogP contribution in [-0.2, 0) is 16.1 Å². The second-order valence-electron chi connectivity index (χ2n) is 2.79. The van der Waals surface area contributed by atoms with E-state index in [0.29, 0.717) is 5.69 Å². The lowest BCUT2D eigenvalue weighted by Gasteiger charge is -1.99. The maximum atomic E-state index is 11.0. The highest BCUT2D eigenvalue weighted by molar-refractivity contribution is 5.98. The van der Waals surface area contributed by atoms with Crippen LogP contribution in [0.15, 0.2) is 25.0 Å². The highest BCUT2D eigenvalue weighted by Crippen LogP contribution is 2.04. The minimum Gasteiger partial charge on any atom is -0.358 e. The topological polar surface area (TPSA) is 76.0 Å². The van der Waals surface area contributed by atoms with Gasteiger partial charge in [-0.2, -0.15) is 5.10 Å². The summed E-state index contributed by atoms with van der Waals surface area (Å²) in [6.45, 7) is 3.45. The zero-order chi connectivity index (χ0) is 11.3. The van der Waals surface area contributed by atoms with E-state index in [1.165, 1.54) is 10.9 Å². The van der Waals surface area contributed by atoms with Gasteiger partial charge in [-0.05, 0) is 6.08 Å². The zero-order valence-corrected chi connectivity index (χ0v) is 8.36. The Kier molecular flexibility index (Phi) is 3.61. The van der Waals surface area contributed by atoms with Gasteiger partial charge in [-0.3, -0.25) is 14.3 Å². The number of anilines is 1. The van der Waals surface area contributed by atoms with Gasteiger partial charge in [-0.1, -0.05) is 6.58 Å². The van der Waals surface area contributed by atoms with Crippen molar-refractivity contribution in [2.45, 2.75) is 6.54 Å². The molecule has 6 heteroatoms. The Morgan fingerprint density at radius 1 is 1.67 bits per heavy atom. The van der Waals surface area contributed by atoms with Crippen molar-refractivity contribution in [3.05, 3.63) is 25.0 Å². The number of nitrogens with zero attached hydrogens (tertiary/aromatic N) is 2. The van der Waals surface area contributed by atoms with Gasteiger partial charge in [-0.15, -0.1) is 0 Å². The Morgan fingerprint density at radius 2 is 2.40 bits per heavy atom. The summed E-state index contributed by atoms with van der Waals surface area (Å²) < 4.78 is 1.43. The summed E-state index contributed by atoms with van der Waals surface area (Å²) in [6, 6.07) is 0. The highest BCUT2D eigenvalue weighted by atomic mass is 16.2. The van der Waals surface area contributed by atoms with Gasteiger partial charge in [0.2, 0.25) is 11.8 Å². The van der Waals surface area contributed by atoms with Crippen molar-refractivity contribution in [3.63, 3.8) is 0 Å². The van der Waals surface area contributed by atoms with E-state index in [1.54, 1.807) is 13.2 Å². The molecule has 80 valence electrons. The number of likely N-dealkylation sites (N-methyl/N-ethyl adjacent to an activating group) is 1. The quantitative estimate of drug-likeness (QED) is 0.670. The van der Waals surface area contributed by atoms with E-state index < -0.39 is 0 Å². The number of carbonyl (C=O) groups is 2. The smallest absolute Gasteiger partial charge is 0.247 e. The maximum Gasteiger partial charge on any atom is 0.247 e. The highest BCUT2D eigenvalue weighted by Gasteiger charge is 2.03. The Balaban J connectivity index is 2.60. The van der Waals surface area contributed by atoms with E-state index in [2.05, 4.69) is 22.3 Å². The second kappa shape index (κ2) is 4.94. The molecule has 0 aliphatic carbocycles. The largest absolute Gasteiger partial charge is 0.358 e. The van der Waals surface area contributed by atoms with E-state index in [0.717, 1.165) is 6.08 Å². The summed E-state index contributed by atoms with van der Waals surface area (Å²) in [6.07, 6.45) is 4.19. The second-order valence-corrected chi connectivity index (χ2v) is 2.79. The monoisotopic (exact) mass is 208 g/mol. The first kappa shape index (κ1) is 11.0. The third-order valence-electron chi connectivity index (χ3n) is 1.67. The molecule has 0 aliphatic heterocycles. The van der Waals surface area contributed by atoms with E-state index in [1.807, 2.05) is 0 Å². The van der Waals surface area contributed by atoms with Crippen molar-refractivity contribution >= 4 is 17.5 Å². The van der Waals surface area contributed by atoms with Gasteiger partial charge in [-0.25, -0.2) is 0 Å². The van der Waals surface area contributed by atoms with Gasteiger partial charge in [0.15, 0.2) is 0 Å². The lowest BCUT2D eigenvalue weighted by atomic mass is 10.5. The molecular formula is C9H12N4O2. The molecule has 1 aromatic rings. The predicted molar refractivity (Wildman–Crippen MR) is 55.1 cm³/mol. The number of hydrogen-bond acceptors (Lipinski definition) is 3. The molecule has 0 aliphatic rings. The summed E-state index contributed by atoms with van der Waals surface area (Å²) in [5, 5.41) is 8.90. The summed E-state index contributed by atoms with van der Waals surface area (Å²) >= 11 is 0. The van der Waals surface area contributed by atoms with Crippen LogP contribution in [0, 0.1) is 0 Å². The molecule has 1 rings (SSSR count). The van der Waals surface area contributed by atoms with Crippen molar-refractivity contribution in [2.24, 2.45) is 0 Å². The molecule has 0 fully saturated rings. The molecule has 0 aromatic carbocycles. The van der Waals surface area contributed by atoms with Crippen LogP contribution in [-0.4, -0.2) is 28.6 Å². The lowest BCUT2D eigenvalue weighted by Crippen LogP contribution is -2.23. The first-order valence-corrected chi connectivity index (χ1v) is 4.32. The first-order chi connectivity index (χ1) is 7.15. The van der Waals surface area contributed by atoms with Gasteiger partial charge in [0, 0.05) is 13.2 Å². The van der Waals surface area contributed by atoms with Gasteiger partial charge in [0.1, 0.15) is 6.54 Å². The first-order valence-electron chi connectivity index (χ1n) is 4.32. The van der Waals surface area contributed by atoms with Crippen LogP contribution in [0.25, 0.3) is 0 Å². The Morgan fingerprint density at radius 3 is 3.00 bits per heavy atom. The van der Waals surface area contributed by atoms with E-state index >= 15 is 0 Å². The number of aromatic nitrogens is 2. The number of amides is 2. The molecule has 1 heterocycles. The predicted octanol–water partition coefficient (Wildman–Crippen LogP) is -0.246. The molecule has 2 N–H and O–H groups in total. The average molecular weight is 208 g/mol. The minimum absolute atomic E-state index is 0.125. The molecular weight excluding hydrogens is 196 g/mol. The minimum atomic E-state index is -0.311. The van der Waals surface area contributed by atoms with Crippen LogP contribution in [0.5, 0.6) is 0 Å². The molecule has 0 atom stereocenters. The molecule has 6 nitrogen and oxygen atoms in total. The Hall–Kier alpha value is -2.11. The van der Waals surface area contributed by atoms with Crippen molar-refractivity contribution in [3.8, 4) is 0 Å². The zero-order valence-electron chi connectivity index (χ0n) is 8.36.